The Morgan fingerprint density at radius 2 is 1.97 bits per heavy atom. The van der Waals surface area contributed by atoms with Crippen molar-refractivity contribution >= 4 is 11.8 Å². The summed E-state index contributed by atoms with van der Waals surface area (Å²) in [5, 5.41) is 0. The normalized spacial score (nSPS) is 27.2. The van der Waals surface area contributed by atoms with Gasteiger partial charge in [0.15, 0.2) is 0 Å². The van der Waals surface area contributed by atoms with Gasteiger partial charge in [-0.25, -0.2) is 0 Å². The predicted octanol–water partition coefficient (Wildman–Crippen LogP) is 3.12. The van der Waals surface area contributed by atoms with Crippen LogP contribution in [0.25, 0.3) is 0 Å². The van der Waals surface area contributed by atoms with Gasteiger partial charge in [-0.15, -0.1) is 0 Å². The van der Waals surface area contributed by atoms with Gasteiger partial charge in [-0.3, -0.25) is 14.3 Å². The van der Waals surface area contributed by atoms with Crippen molar-refractivity contribution in [1.29, 1.82) is 0 Å². The van der Waals surface area contributed by atoms with Gasteiger partial charge in [0.25, 0.3) is 5.56 Å². The number of halogens is 3. The lowest BCUT2D eigenvalue weighted by Crippen LogP contribution is -2.56. The summed E-state index contributed by atoms with van der Waals surface area (Å²) in [5.74, 6) is 0.509. The maximum absolute atomic E-state index is 14.2. The predicted molar refractivity (Wildman–Crippen MR) is 118 cm³/mol. The van der Waals surface area contributed by atoms with Gasteiger partial charge in [0.05, 0.1) is 18.2 Å². The number of hydrogen-bond donors (Lipinski definition) is 0. The number of hydrogen-bond acceptors (Lipinski definition) is 6. The third-order valence-corrected chi connectivity index (χ3v) is 7.25. The molecular formula is C23H28F3N5O2. The Labute approximate surface area is 190 Å². The van der Waals surface area contributed by atoms with E-state index in [1.54, 1.807) is 12.4 Å². The SMILES string of the molecule is CC(C)(CN1c2nc(N3C[C@@H]4CC3(C)CO4)cc(=O)n2CC[C@H]1C(F)(F)F)c1ccncc1. The molecule has 0 spiro atoms. The second-order valence-electron chi connectivity index (χ2n) is 10.2. The van der Waals surface area contributed by atoms with Gasteiger partial charge in [0, 0.05) is 49.9 Å². The highest BCUT2D eigenvalue weighted by molar-refractivity contribution is 5.51. The van der Waals surface area contributed by atoms with Crippen LogP contribution in [0.3, 0.4) is 0 Å². The molecule has 0 aliphatic carbocycles. The van der Waals surface area contributed by atoms with Crippen LogP contribution in [-0.4, -0.2) is 58.1 Å². The van der Waals surface area contributed by atoms with E-state index in [0.29, 0.717) is 19.0 Å². The van der Waals surface area contributed by atoms with Crippen molar-refractivity contribution in [3.05, 3.63) is 46.5 Å². The van der Waals surface area contributed by atoms with Crippen LogP contribution in [0.4, 0.5) is 24.9 Å². The summed E-state index contributed by atoms with van der Waals surface area (Å²) in [6.45, 7) is 6.98. The zero-order valence-corrected chi connectivity index (χ0v) is 19.0. The summed E-state index contributed by atoms with van der Waals surface area (Å²) < 4.78 is 49.6. The van der Waals surface area contributed by atoms with Crippen LogP contribution in [0, 0.1) is 0 Å². The smallest absolute Gasteiger partial charge is 0.374 e. The van der Waals surface area contributed by atoms with E-state index in [2.05, 4.69) is 4.98 Å². The molecule has 3 aliphatic heterocycles. The molecule has 0 aromatic carbocycles. The van der Waals surface area contributed by atoms with E-state index in [1.807, 2.05) is 37.8 Å². The van der Waals surface area contributed by atoms with Crippen molar-refractivity contribution in [3.8, 4) is 0 Å². The van der Waals surface area contributed by atoms with E-state index < -0.39 is 17.6 Å². The zero-order valence-electron chi connectivity index (χ0n) is 19.0. The Bertz CT molecular complexity index is 1100. The summed E-state index contributed by atoms with van der Waals surface area (Å²) in [6, 6.07) is 3.36. The maximum atomic E-state index is 14.2. The zero-order chi connectivity index (χ0) is 23.6. The second kappa shape index (κ2) is 7.44. The molecule has 2 saturated heterocycles. The van der Waals surface area contributed by atoms with Crippen molar-refractivity contribution in [2.75, 3.05) is 29.5 Å². The first-order valence-corrected chi connectivity index (χ1v) is 11.2. The average molecular weight is 464 g/mol. The van der Waals surface area contributed by atoms with Crippen molar-refractivity contribution in [2.45, 2.75) is 69.4 Å². The first-order chi connectivity index (χ1) is 15.5. The van der Waals surface area contributed by atoms with Crippen molar-refractivity contribution in [2.24, 2.45) is 0 Å². The lowest BCUT2D eigenvalue weighted by atomic mass is 9.84. The molecule has 3 atom stereocenters. The molecule has 1 unspecified atom stereocenters. The Hall–Kier alpha value is -2.62. The molecule has 5 heterocycles. The Morgan fingerprint density at radius 1 is 1.24 bits per heavy atom. The number of aromatic nitrogens is 3. The van der Waals surface area contributed by atoms with Gasteiger partial charge in [0.1, 0.15) is 11.9 Å². The van der Waals surface area contributed by atoms with E-state index in [-0.39, 0.29) is 42.7 Å². The third kappa shape index (κ3) is 3.78. The lowest BCUT2D eigenvalue weighted by Gasteiger charge is -2.43. The van der Waals surface area contributed by atoms with Crippen LogP contribution in [0.2, 0.25) is 0 Å². The molecule has 7 nitrogen and oxygen atoms in total. The molecule has 0 saturated carbocycles. The van der Waals surface area contributed by atoms with Gasteiger partial charge >= 0.3 is 6.18 Å². The number of alkyl halides is 3. The van der Waals surface area contributed by atoms with Crippen LogP contribution >= 0.6 is 0 Å². The molecule has 2 fully saturated rings. The molecule has 5 rings (SSSR count). The van der Waals surface area contributed by atoms with Crippen LogP contribution in [0.15, 0.2) is 35.4 Å². The number of rotatable bonds is 4. The van der Waals surface area contributed by atoms with E-state index in [4.69, 9.17) is 9.72 Å². The molecule has 0 radical (unpaired) electrons. The largest absolute Gasteiger partial charge is 0.408 e. The molecule has 2 aromatic heterocycles. The fourth-order valence-corrected chi connectivity index (χ4v) is 5.44. The summed E-state index contributed by atoms with van der Waals surface area (Å²) >= 11 is 0. The number of morpholine rings is 1. The van der Waals surface area contributed by atoms with Crippen LogP contribution in [0.1, 0.15) is 39.2 Å². The standard InChI is InChI=1S/C23H28F3N5O2/c1-21(2,15-4-7-27-8-5-15)13-30-17(23(24,25)26)6-9-29-19(32)10-18(28-20(29)30)31-12-16-11-22(31,3)14-33-16/h4-5,7-8,10,16-17H,6,9,11-14H2,1-3H3/t16-,17-,22?/m0/s1. The Balaban J connectivity index is 1.58. The van der Waals surface area contributed by atoms with E-state index in [1.165, 1.54) is 15.5 Å². The first kappa shape index (κ1) is 22.2. The van der Waals surface area contributed by atoms with Gasteiger partial charge in [-0.2, -0.15) is 18.2 Å². The summed E-state index contributed by atoms with van der Waals surface area (Å²) in [6.07, 6.45) is -0.499. The van der Waals surface area contributed by atoms with Crippen LogP contribution < -0.4 is 15.4 Å². The molecule has 10 heteroatoms. The molecule has 0 N–H and O–H groups in total. The molecule has 0 amide bonds. The number of nitrogens with zero attached hydrogens (tertiary/aromatic N) is 5. The number of anilines is 2. The minimum absolute atomic E-state index is 0.0131. The Kier molecular flexibility index (Phi) is 5.00. The fraction of sp³-hybridized carbons (Fsp3) is 0.609. The van der Waals surface area contributed by atoms with Crippen molar-refractivity contribution in [3.63, 3.8) is 0 Å². The average Bonchev–Trinajstić information content (AvgIpc) is 3.29. The van der Waals surface area contributed by atoms with Gasteiger partial charge in [-0.1, -0.05) is 13.8 Å². The topological polar surface area (TPSA) is 63.5 Å². The minimum atomic E-state index is -4.44. The highest BCUT2D eigenvalue weighted by Crippen LogP contribution is 2.42. The van der Waals surface area contributed by atoms with Gasteiger partial charge in [0.2, 0.25) is 5.95 Å². The second-order valence-corrected chi connectivity index (χ2v) is 10.2. The fourth-order valence-electron chi connectivity index (χ4n) is 5.44. The highest BCUT2D eigenvalue weighted by Gasteiger charge is 2.51. The minimum Gasteiger partial charge on any atom is -0.374 e. The maximum Gasteiger partial charge on any atom is 0.408 e. The van der Waals surface area contributed by atoms with Crippen molar-refractivity contribution < 1.29 is 17.9 Å². The third-order valence-electron chi connectivity index (χ3n) is 7.25. The Morgan fingerprint density at radius 3 is 2.58 bits per heavy atom. The van der Waals surface area contributed by atoms with Gasteiger partial charge in [-0.05, 0) is 31.0 Å². The highest BCUT2D eigenvalue weighted by atomic mass is 19.4. The molecule has 3 aliphatic rings. The van der Waals surface area contributed by atoms with E-state index >= 15 is 0 Å². The van der Waals surface area contributed by atoms with Crippen LogP contribution in [0.5, 0.6) is 0 Å². The number of pyridine rings is 1. The molecule has 178 valence electrons. The molecule has 33 heavy (non-hydrogen) atoms. The van der Waals surface area contributed by atoms with Crippen LogP contribution in [-0.2, 0) is 16.7 Å². The van der Waals surface area contributed by atoms with E-state index in [9.17, 15) is 18.0 Å². The number of ether oxygens (including phenoxy) is 1. The lowest BCUT2D eigenvalue weighted by molar-refractivity contribution is -0.153. The summed E-state index contributed by atoms with van der Waals surface area (Å²) in [4.78, 5) is 25.0. The molecular weight excluding hydrogens is 435 g/mol. The molecule has 2 bridgehead atoms. The van der Waals surface area contributed by atoms with Gasteiger partial charge < -0.3 is 14.5 Å². The van der Waals surface area contributed by atoms with E-state index in [0.717, 1.165) is 12.0 Å². The molecule has 2 aromatic rings. The monoisotopic (exact) mass is 463 g/mol. The summed E-state index contributed by atoms with van der Waals surface area (Å²) in [5.41, 5.74) is -0.387. The number of fused-ring (bicyclic) bond motifs is 3. The first-order valence-electron chi connectivity index (χ1n) is 11.2. The van der Waals surface area contributed by atoms with Crippen molar-refractivity contribution in [1.82, 2.24) is 14.5 Å². The quantitative estimate of drug-likeness (QED) is 0.695. The summed E-state index contributed by atoms with van der Waals surface area (Å²) in [7, 11) is 0.